The predicted molar refractivity (Wildman–Crippen MR) is 112 cm³/mol. The lowest BCUT2D eigenvalue weighted by Crippen LogP contribution is -2.32. The first kappa shape index (κ1) is 20.4. The normalized spacial score (nSPS) is 12.4. The predicted octanol–water partition coefficient (Wildman–Crippen LogP) is 2.44. The highest BCUT2D eigenvalue weighted by Gasteiger charge is 2.13. The summed E-state index contributed by atoms with van der Waals surface area (Å²) < 4.78 is 15.9. The van der Waals surface area contributed by atoms with Crippen molar-refractivity contribution in [3.63, 3.8) is 0 Å². The fourth-order valence-corrected chi connectivity index (χ4v) is 2.89. The summed E-state index contributed by atoms with van der Waals surface area (Å²) in [6.45, 7) is 2.54. The molecular formula is C20H21N3O5S. The Morgan fingerprint density at radius 1 is 1.24 bits per heavy atom. The second kappa shape index (κ2) is 9.24. The minimum absolute atomic E-state index is 0.132. The lowest BCUT2D eigenvalue weighted by molar-refractivity contribution is -0.136. The lowest BCUT2D eigenvalue weighted by atomic mass is 10.0. The van der Waals surface area contributed by atoms with E-state index in [9.17, 15) is 4.79 Å². The highest BCUT2D eigenvalue weighted by molar-refractivity contribution is 7.80. The Morgan fingerprint density at radius 2 is 2.03 bits per heavy atom. The summed E-state index contributed by atoms with van der Waals surface area (Å²) >= 11 is 5.26. The van der Waals surface area contributed by atoms with Crippen molar-refractivity contribution in [3.05, 3.63) is 53.1 Å². The Kier molecular flexibility index (Phi) is 6.50. The molecule has 0 fully saturated rings. The Labute approximate surface area is 173 Å². The number of benzene rings is 2. The number of carboxylic acids is 1. The van der Waals surface area contributed by atoms with Crippen LogP contribution in [0.1, 0.15) is 23.6 Å². The second-order valence-corrected chi connectivity index (χ2v) is 6.68. The smallest absolute Gasteiger partial charge is 0.307 e. The molecule has 0 unspecified atom stereocenters. The van der Waals surface area contributed by atoms with E-state index in [2.05, 4.69) is 15.8 Å². The summed E-state index contributed by atoms with van der Waals surface area (Å²) in [5, 5.41) is 16.8. The summed E-state index contributed by atoms with van der Waals surface area (Å²) in [4.78, 5) is 11.0. The molecule has 152 valence electrons. The monoisotopic (exact) mass is 415 g/mol. The van der Waals surface area contributed by atoms with Gasteiger partial charge in [0.15, 0.2) is 16.6 Å². The van der Waals surface area contributed by atoms with Crippen LogP contribution in [-0.2, 0) is 17.8 Å². The van der Waals surface area contributed by atoms with Gasteiger partial charge in [-0.25, -0.2) is 0 Å². The summed E-state index contributed by atoms with van der Waals surface area (Å²) in [6, 6.07) is 11.0. The molecule has 2 aromatic rings. The SMILES string of the molecule is COc1ccc(/C(C)=N\NC(=S)NCc2ccc3c(c2)OCO3)cc1CC(=O)O. The van der Waals surface area contributed by atoms with Gasteiger partial charge < -0.3 is 24.6 Å². The third-order valence-corrected chi connectivity index (χ3v) is 4.49. The minimum atomic E-state index is -0.929. The molecule has 1 aliphatic heterocycles. The average Bonchev–Trinajstić information content (AvgIpc) is 3.17. The van der Waals surface area contributed by atoms with E-state index in [0.29, 0.717) is 34.4 Å². The van der Waals surface area contributed by atoms with Crippen LogP contribution in [-0.4, -0.2) is 35.8 Å². The van der Waals surface area contributed by atoms with E-state index < -0.39 is 5.97 Å². The lowest BCUT2D eigenvalue weighted by Gasteiger charge is -2.11. The quantitative estimate of drug-likeness (QED) is 0.360. The molecule has 2 aromatic carbocycles. The molecule has 8 nitrogen and oxygen atoms in total. The number of hydrazone groups is 1. The number of thiocarbonyl (C=S) groups is 1. The Morgan fingerprint density at radius 3 is 2.79 bits per heavy atom. The molecule has 9 heteroatoms. The number of methoxy groups -OCH3 is 1. The fourth-order valence-electron chi connectivity index (χ4n) is 2.78. The number of hydrogen-bond acceptors (Lipinski definition) is 6. The number of carboxylic acid groups (broad SMARTS) is 1. The maximum absolute atomic E-state index is 11.0. The molecule has 3 N–H and O–H groups in total. The topological polar surface area (TPSA) is 101 Å². The molecule has 0 aromatic heterocycles. The molecule has 0 atom stereocenters. The van der Waals surface area contributed by atoms with Gasteiger partial charge in [0, 0.05) is 12.1 Å². The molecule has 0 amide bonds. The van der Waals surface area contributed by atoms with Crippen molar-refractivity contribution < 1.29 is 24.1 Å². The molecule has 29 heavy (non-hydrogen) atoms. The van der Waals surface area contributed by atoms with Crippen LogP contribution in [0.2, 0.25) is 0 Å². The van der Waals surface area contributed by atoms with E-state index in [1.54, 1.807) is 19.1 Å². The number of ether oxygens (including phenoxy) is 3. The number of fused-ring (bicyclic) bond motifs is 1. The number of nitrogens with one attached hydrogen (secondary N) is 2. The maximum atomic E-state index is 11.0. The highest BCUT2D eigenvalue weighted by atomic mass is 32.1. The van der Waals surface area contributed by atoms with Crippen LogP contribution < -0.4 is 25.0 Å². The summed E-state index contributed by atoms with van der Waals surface area (Å²) in [5.41, 5.74) is 5.80. The van der Waals surface area contributed by atoms with Crippen LogP contribution in [0.15, 0.2) is 41.5 Å². The molecular weight excluding hydrogens is 394 g/mol. The zero-order valence-electron chi connectivity index (χ0n) is 16.0. The van der Waals surface area contributed by atoms with Crippen LogP contribution in [0.5, 0.6) is 17.2 Å². The van der Waals surface area contributed by atoms with Gasteiger partial charge in [-0.05, 0) is 60.6 Å². The van der Waals surface area contributed by atoms with Crippen LogP contribution >= 0.6 is 12.2 Å². The van der Waals surface area contributed by atoms with Crippen molar-refractivity contribution in [2.24, 2.45) is 5.10 Å². The molecule has 0 saturated carbocycles. The highest BCUT2D eigenvalue weighted by Crippen LogP contribution is 2.32. The maximum Gasteiger partial charge on any atom is 0.307 e. The van der Waals surface area contributed by atoms with E-state index in [0.717, 1.165) is 16.9 Å². The Balaban J connectivity index is 1.58. The van der Waals surface area contributed by atoms with Gasteiger partial charge in [0.2, 0.25) is 6.79 Å². The standard InChI is InChI=1S/C20H21N3O5S/c1-12(14-4-6-16(26-2)15(8-14)9-19(24)25)22-23-20(29)21-10-13-3-5-17-18(7-13)28-11-27-17/h3-8H,9-11H2,1-2H3,(H,24,25)(H2,21,23,29)/b22-12-. The van der Waals surface area contributed by atoms with Crippen LogP contribution in [0, 0.1) is 0 Å². The van der Waals surface area contributed by atoms with Gasteiger partial charge in [-0.15, -0.1) is 0 Å². The summed E-state index contributed by atoms with van der Waals surface area (Å²) in [5.74, 6) is 1.05. The first-order valence-electron chi connectivity index (χ1n) is 8.82. The van der Waals surface area contributed by atoms with Crippen molar-refractivity contribution in [2.75, 3.05) is 13.9 Å². The molecule has 3 rings (SSSR count). The van der Waals surface area contributed by atoms with Gasteiger partial charge in [-0.2, -0.15) is 5.10 Å². The van der Waals surface area contributed by atoms with Crippen molar-refractivity contribution in [2.45, 2.75) is 19.9 Å². The largest absolute Gasteiger partial charge is 0.496 e. The molecule has 0 aliphatic carbocycles. The van der Waals surface area contributed by atoms with E-state index in [4.69, 9.17) is 31.5 Å². The van der Waals surface area contributed by atoms with Crippen LogP contribution in [0.25, 0.3) is 0 Å². The first-order valence-corrected chi connectivity index (χ1v) is 9.23. The summed E-state index contributed by atoms with van der Waals surface area (Å²) in [6.07, 6.45) is -0.132. The third-order valence-electron chi connectivity index (χ3n) is 4.26. The first-order chi connectivity index (χ1) is 14.0. The van der Waals surface area contributed by atoms with E-state index >= 15 is 0 Å². The van der Waals surface area contributed by atoms with Crippen LogP contribution in [0.4, 0.5) is 0 Å². The zero-order chi connectivity index (χ0) is 20.8. The van der Waals surface area contributed by atoms with E-state index in [1.165, 1.54) is 7.11 Å². The zero-order valence-corrected chi connectivity index (χ0v) is 16.8. The molecule has 1 aliphatic rings. The van der Waals surface area contributed by atoms with Crippen molar-refractivity contribution in [1.29, 1.82) is 0 Å². The second-order valence-electron chi connectivity index (χ2n) is 6.28. The van der Waals surface area contributed by atoms with Crippen molar-refractivity contribution in [1.82, 2.24) is 10.7 Å². The number of carbonyl (C=O) groups is 1. The average molecular weight is 415 g/mol. The minimum Gasteiger partial charge on any atom is -0.496 e. The molecule has 1 heterocycles. The fraction of sp³-hybridized carbons (Fsp3) is 0.250. The molecule has 0 radical (unpaired) electrons. The van der Waals surface area contributed by atoms with Gasteiger partial charge in [0.25, 0.3) is 0 Å². The van der Waals surface area contributed by atoms with Gasteiger partial charge >= 0.3 is 5.97 Å². The van der Waals surface area contributed by atoms with Crippen molar-refractivity contribution >= 4 is 29.0 Å². The van der Waals surface area contributed by atoms with Gasteiger partial charge in [-0.3, -0.25) is 10.2 Å². The van der Waals surface area contributed by atoms with Crippen molar-refractivity contribution in [3.8, 4) is 17.2 Å². The number of aliphatic carboxylic acids is 1. The van der Waals surface area contributed by atoms with Gasteiger partial charge in [-0.1, -0.05) is 6.07 Å². The van der Waals surface area contributed by atoms with Gasteiger partial charge in [0.05, 0.1) is 19.2 Å². The Hall–Kier alpha value is -3.33. The molecule has 0 bridgehead atoms. The van der Waals surface area contributed by atoms with Gasteiger partial charge in [0.1, 0.15) is 5.75 Å². The van der Waals surface area contributed by atoms with E-state index in [-0.39, 0.29) is 13.2 Å². The number of rotatable bonds is 7. The third kappa shape index (κ3) is 5.35. The van der Waals surface area contributed by atoms with E-state index in [1.807, 2.05) is 24.3 Å². The molecule has 0 saturated heterocycles. The van der Waals surface area contributed by atoms with Crippen LogP contribution in [0.3, 0.4) is 0 Å². The number of nitrogens with zero attached hydrogens (tertiary/aromatic N) is 1. The number of hydrogen-bond donors (Lipinski definition) is 3. The summed E-state index contributed by atoms with van der Waals surface area (Å²) in [7, 11) is 1.51. The Bertz CT molecular complexity index is 961. The molecule has 0 spiro atoms.